The van der Waals surface area contributed by atoms with Crippen LogP contribution in [-0.4, -0.2) is 20.4 Å². The van der Waals surface area contributed by atoms with Crippen LogP contribution in [0.1, 0.15) is 155 Å². The van der Waals surface area contributed by atoms with Gasteiger partial charge in [-0.15, -0.1) is 0 Å². The largest absolute Gasteiger partial charge is 0.308 e. The molecule has 7 aromatic carbocycles. The van der Waals surface area contributed by atoms with Gasteiger partial charge in [0.2, 0.25) is 0 Å². The van der Waals surface area contributed by atoms with E-state index in [4.69, 9.17) is 0 Å². The van der Waals surface area contributed by atoms with Gasteiger partial charge in [0, 0.05) is 65.0 Å². The molecule has 8 aliphatic rings. The smallest absolute Gasteiger partial charge is 0.169 e. The average Bonchev–Trinajstić information content (AvgIpc) is 4.07. The summed E-state index contributed by atoms with van der Waals surface area (Å²) in [5, 5.41) is 10.7. The van der Waals surface area contributed by atoms with E-state index in [-0.39, 0.29) is 21.7 Å². The molecule has 72 heavy (non-hydrogen) atoms. The number of aryl methyl sites for hydroxylation is 8. The summed E-state index contributed by atoms with van der Waals surface area (Å²) in [5.74, 6) is 0.697. The van der Waals surface area contributed by atoms with Crippen molar-refractivity contribution in [3.63, 3.8) is 0 Å². The van der Waals surface area contributed by atoms with Gasteiger partial charge < -0.3 is 8.80 Å². The first-order valence-corrected chi connectivity index (χ1v) is 27.7. The minimum absolute atomic E-state index is 0.0133. The highest BCUT2D eigenvalue weighted by molar-refractivity contribution is 6.31. The molecule has 0 saturated heterocycles. The number of Topliss-reactive ketones (excluding diaryl/α,β-unsaturated/α-hetero) is 2. The Hall–Kier alpha value is -6.52. The molecular formula is C68H60N2O2. The number of ketones is 2. The Bertz CT molecular complexity index is 4050. The molecule has 12 bridgehead atoms. The summed E-state index contributed by atoms with van der Waals surface area (Å²) in [7, 11) is 0. The fourth-order valence-electron chi connectivity index (χ4n) is 16.8. The minimum Gasteiger partial charge on any atom is -0.308 e. The molecule has 354 valence electrons. The molecule has 0 spiro atoms. The lowest BCUT2D eigenvalue weighted by Gasteiger charge is -2.38. The molecule has 11 aromatic rings. The molecule has 0 atom stereocenters. The molecule has 4 aromatic heterocycles. The van der Waals surface area contributed by atoms with Gasteiger partial charge in [-0.05, 0) is 206 Å². The summed E-state index contributed by atoms with van der Waals surface area (Å²) < 4.78 is 5.27. The molecule has 0 unspecified atom stereocenters. The van der Waals surface area contributed by atoms with Crippen LogP contribution in [0.5, 0.6) is 0 Å². The van der Waals surface area contributed by atoms with E-state index >= 15 is 9.59 Å². The Labute approximate surface area is 420 Å². The van der Waals surface area contributed by atoms with Crippen LogP contribution >= 0.6 is 0 Å². The van der Waals surface area contributed by atoms with Gasteiger partial charge in [0.25, 0.3) is 0 Å². The standard InChI is InChI=1S/C68H60N2O2/c1-65-19-23-67(3,24-20-65)63(71)45-33-53-47(31-51(45)65)57-41-15-11-37-7-5-9-39(27-37)13-17-43(29-41)59-49-36-56-50(35-55(49)69(53)61(57)59)60-44-18-14-40-10-6-8-38(28-40)12-16-42(30-44)58-48-32-52-46(34-54(48)70(56)62(58)60)64(72)68(4)25-21-66(52,2)22-26-68/h5-10,27-36H,11-26H2,1-4H3. The van der Waals surface area contributed by atoms with Gasteiger partial charge in [0.15, 0.2) is 11.6 Å². The third kappa shape index (κ3) is 5.05. The van der Waals surface area contributed by atoms with Crippen molar-refractivity contribution < 1.29 is 9.59 Å². The van der Waals surface area contributed by atoms with Crippen LogP contribution in [0.3, 0.4) is 0 Å². The molecule has 8 aliphatic carbocycles. The van der Waals surface area contributed by atoms with Gasteiger partial charge in [-0.3, -0.25) is 9.59 Å². The third-order valence-electron chi connectivity index (χ3n) is 21.3. The fourth-order valence-corrected chi connectivity index (χ4v) is 16.8. The van der Waals surface area contributed by atoms with Gasteiger partial charge in [-0.2, -0.15) is 0 Å². The van der Waals surface area contributed by atoms with E-state index in [0.29, 0.717) is 11.6 Å². The highest BCUT2D eigenvalue weighted by atomic mass is 16.1. The van der Waals surface area contributed by atoms with Crippen molar-refractivity contribution in [2.24, 2.45) is 10.8 Å². The third-order valence-corrected chi connectivity index (χ3v) is 21.3. The van der Waals surface area contributed by atoms with Gasteiger partial charge >= 0.3 is 0 Å². The number of aromatic nitrogens is 2. The average molecular weight is 937 g/mol. The van der Waals surface area contributed by atoms with E-state index in [2.05, 4.69) is 134 Å². The molecule has 0 amide bonds. The summed E-state index contributed by atoms with van der Waals surface area (Å²) in [4.78, 5) is 30.0. The first-order valence-electron chi connectivity index (χ1n) is 27.7. The number of hydrogen-bond acceptors (Lipinski definition) is 2. The lowest BCUT2D eigenvalue weighted by atomic mass is 9.65. The van der Waals surface area contributed by atoms with Crippen LogP contribution < -0.4 is 0 Å². The maximum atomic E-state index is 15.0. The van der Waals surface area contributed by atoms with Gasteiger partial charge in [-0.1, -0.05) is 88.4 Å². The van der Waals surface area contributed by atoms with Gasteiger partial charge in [0.05, 0.1) is 33.1 Å². The fraction of sp³-hybridized carbons (Fsp3) is 0.353. The molecule has 2 saturated carbocycles. The topological polar surface area (TPSA) is 43.0 Å². The van der Waals surface area contributed by atoms with Crippen LogP contribution in [-0.2, 0) is 62.2 Å². The van der Waals surface area contributed by atoms with Crippen LogP contribution in [0.4, 0.5) is 0 Å². The van der Waals surface area contributed by atoms with Crippen LogP contribution in [0, 0.1) is 10.8 Å². The van der Waals surface area contributed by atoms with E-state index in [1.54, 1.807) is 0 Å². The van der Waals surface area contributed by atoms with Crippen molar-refractivity contribution in [1.82, 2.24) is 8.80 Å². The molecule has 0 radical (unpaired) electrons. The van der Waals surface area contributed by atoms with Crippen molar-refractivity contribution in [3.05, 3.63) is 164 Å². The van der Waals surface area contributed by atoms with E-state index < -0.39 is 0 Å². The summed E-state index contributed by atoms with van der Waals surface area (Å²) in [6, 6.07) is 38.9. The SMILES string of the molecule is CC12CCC(C)(CC1)c1cc3c4c5cc(c6c7cc8c(cc7n(c3cc1C2=O)c46)c1c2cc(c3c4cc6c(cc4n8c31)C(=O)C1(C)CCC6(C)CC1)CCc1cccc(c1)CC2)CCc1cccc(c1)CC5. The van der Waals surface area contributed by atoms with Crippen molar-refractivity contribution in [2.75, 3.05) is 0 Å². The molecule has 2 fully saturated rings. The summed E-state index contributed by atoms with van der Waals surface area (Å²) in [6.07, 6.45) is 15.9. The molecule has 4 heteroatoms. The predicted octanol–water partition coefficient (Wildman–Crippen LogP) is 15.8. The molecular weight excluding hydrogens is 877 g/mol. The molecule has 4 heterocycles. The zero-order valence-corrected chi connectivity index (χ0v) is 42.3. The number of carbonyl (C=O) groups excluding carboxylic acids is 2. The maximum absolute atomic E-state index is 15.0. The zero-order chi connectivity index (χ0) is 47.9. The van der Waals surface area contributed by atoms with Gasteiger partial charge in [-0.25, -0.2) is 0 Å². The van der Waals surface area contributed by atoms with Crippen molar-refractivity contribution in [1.29, 1.82) is 0 Å². The quantitative estimate of drug-likeness (QED) is 0.152. The summed E-state index contributed by atoms with van der Waals surface area (Å²) >= 11 is 0. The van der Waals surface area contributed by atoms with E-state index in [0.717, 1.165) is 114 Å². The Morgan fingerprint density at radius 2 is 0.653 bits per heavy atom. The maximum Gasteiger partial charge on any atom is 0.169 e. The number of rotatable bonds is 0. The highest BCUT2D eigenvalue weighted by Gasteiger charge is 2.50. The molecule has 0 N–H and O–H groups in total. The number of fused-ring (bicyclic) bond motifs is 28. The number of carbonyl (C=O) groups is 2. The first-order chi connectivity index (χ1) is 34.9. The molecule has 4 nitrogen and oxygen atoms in total. The zero-order valence-electron chi connectivity index (χ0n) is 42.3. The number of nitrogens with zero attached hydrogens (tertiary/aromatic N) is 2. The van der Waals surface area contributed by atoms with Crippen LogP contribution in [0.25, 0.3) is 76.2 Å². The minimum atomic E-state index is -0.315. The Balaban J connectivity index is 1.04. The van der Waals surface area contributed by atoms with Crippen molar-refractivity contribution in [2.45, 2.75) is 141 Å². The van der Waals surface area contributed by atoms with Crippen LogP contribution in [0.2, 0.25) is 0 Å². The Morgan fingerprint density at radius 1 is 0.347 bits per heavy atom. The first kappa shape index (κ1) is 41.0. The summed E-state index contributed by atoms with van der Waals surface area (Å²) in [5.41, 5.74) is 22.7. The predicted molar refractivity (Wildman–Crippen MR) is 295 cm³/mol. The van der Waals surface area contributed by atoms with E-state index in [1.165, 1.54) is 132 Å². The van der Waals surface area contributed by atoms with Crippen molar-refractivity contribution in [3.8, 4) is 0 Å². The Kier molecular flexibility index (Phi) is 7.61. The lowest BCUT2D eigenvalue weighted by Crippen LogP contribution is -2.33. The summed E-state index contributed by atoms with van der Waals surface area (Å²) in [6.45, 7) is 9.39. The van der Waals surface area contributed by atoms with E-state index in [9.17, 15) is 0 Å². The number of benzene rings is 7. The molecule has 0 aliphatic heterocycles. The molecule has 19 rings (SSSR count). The lowest BCUT2D eigenvalue weighted by molar-refractivity contribution is 0.0726. The highest BCUT2D eigenvalue weighted by Crippen LogP contribution is 2.57. The number of hydrogen-bond donors (Lipinski definition) is 0. The second-order valence-corrected chi connectivity index (χ2v) is 25.5. The normalized spacial score (nSPS) is 26.0. The van der Waals surface area contributed by atoms with Crippen LogP contribution in [0.15, 0.2) is 97.1 Å². The second kappa shape index (κ2) is 13.4. The Morgan fingerprint density at radius 3 is 1.00 bits per heavy atom. The van der Waals surface area contributed by atoms with E-state index in [1.807, 2.05) is 0 Å². The monoisotopic (exact) mass is 936 g/mol. The van der Waals surface area contributed by atoms with Gasteiger partial charge in [0.1, 0.15) is 0 Å². The van der Waals surface area contributed by atoms with Crippen molar-refractivity contribution >= 4 is 87.8 Å². The second-order valence-electron chi connectivity index (χ2n) is 25.5.